The van der Waals surface area contributed by atoms with Crippen LogP contribution in [0.15, 0.2) is 17.2 Å². The van der Waals surface area contributed by atoms with E-state index >= 15 is 0 Å². The summed E-state index contributed by atoms with van der Waals surface area (Å²) in [5.41, 5.74) is 0.116. The average Bonchev–Trinajstić information content (AvgIpc) is 2.27. The van der Waals surface area contributed by atoms with Crippen LogP contribution in [-0.2, 0) is 0 Å². The van der Waals surface area contributed by atoms with Crippen LogP contribution in [0.25, 0.3) is 0 Å². The maximum Gasteiger partial charge on any atom is 0.252 e. The van der Waals surface area contributed by atoms with Crippen molar-refractivity contribution in [1.29, 1.82) is 0 Å². The van der Waals surface area contributed by atoms with E-state index in [1.54, 1.807) is 0 Å². The largest absolute Gasteiger partial charge is 0.369 e. The van der Waals surface area contributed by atoms with E-state index in [4.69, 9.17) is 0 Å². The first kappa shape index (κ1) is 13.7. The summed E-state index contributed by atoms with van der Waals surface area (Å²) in [7, 11) is 0. The van der Waals surface area contributed by atoms with E-state index in [1.807, 2.05) is 0 Å². The molecule has 1 aromatic rings. The van der Waals surface area contributed by atoms with Crippen LogP contribution in [0.3, 0.4) is 0 Å². The number of unbranched alkanes of at least 4 members (excludes halogenated alkanes) is 2. The third-order valence-corrected chi connectivity index (χ3v) is 2.88. The number of anilines is 1. The van der Waals surface area contributed by atoms with Gasteiger partial charge in [0.15, 0.2) is 0 Å². The van der Waals surface area contributed by atoms with Crippen LogP contribution in [0, 0.1) is 5.41 Å². The Morgan fingerprint density at radius 3 is 2.82 bits per heavy atom. The number of rotatable bonds is 7. The topological polar surface area (TPSA) is 57.8 Å². The zero-order valence-corrected chi connectivity index (χ0v) is 11.0. The first-order chi connectivity index (χ1) is 8.03. The molecule has 1 rings (SSSR count). The Labute approximate surface area is 103 Å². The smallest absolute Gasteiger partial charge is 0.252 e. The standard InChI is InChI=1S/C13H23N3O/c1-4-5-6-7-13(2,3)9-14-11-8-12(17)16-10-15-11/h8,10H,4-7,9H2,1-3H3,(H2,14,15,16,17). The molecule has 0 spiro atoms. The van der Waals surface area contributed by atoms with Gasteiger partial charge in [-0.05, 0) is 11.8 Å². The maximum atomic E-state index is 11.1. The summed E-state index contributed by atoms with van der Waals surface area (Å²) in [5, 5.41) is 3.22. The number of hydrogen-bond donors (Lipinski definition) is 2. The molecular weight excluding hydrogens is 214 g/mol. The quantitative estimate of drug-likeness (QED) is 0.717. The van der Waals surface area contributed by atoms with Crippen molar-refractivity contribution in [3.05, 3.63) is 22.7 Å². The van der Waals surface area contributed by atoms with Crippen LogP contribution in [-0.4, -0.2) is 16.5 Å². The van der Waals surface area contributed by atoms with Crippen molar-refractivity contribution in [3.63, 3.8) is 0 Å². The van der Waals surface area contributed by atoms with Gasteiger partial charge in [0, 0.05) is 12.6 Å². The van der Waals surface area contributed by atoms with Gasteiger partial charge in [-0.25, -0.2) is 4.98 Å². The predicted molar refractivity (Wildman–Crippen MR) is 71.3 cm³/mol. The average molecular weight is 237 g/mol. The number of nitrogens with one attached hydrogen (secondary N) is 2. The Morgan fingerprint density at radius 1 is 1.41 bits per heavy atom. The van der Waals surface area contributed by atoms with Crippen LogP contribution in [0.1, 0.15) is 46.5 Å². The van der Waals surface area contributed by atoms with Crippen LogP contribution >= 0.6 is 0 Å². The summed E-state index contributed by atoms with van der Waals surface area (Å²) in [6, 6.07) is 1.49. The van der Waals surface area contributed by atoms with Crippen molar-refractivity contribution in [3.8, 4) is 0 Å². The molecular formula is C13H23N3O. The molecule has 96 valence electrons. The summed E-state index contributed by atoms with van der Waals surface area (Å²) in [4.78, 5) is 17.7. The Hall–Kier alpha value is -1.32. The van der Waals surface area contributed by atoms with Crippen LogP contribution < -0.4 is 10.9 Å². The van der Waals surface area contributed by atoms with Gasteiger partial charge >= 0.3 is 0 Å². The molecule has 0 saturated heterocycles. The minimum absolute atomic E-state index is 0.119. The Morgan fingerprint density at radius 2 is 2.18 bits per heavy atom. The molecule has 0 fully saturated rings. The third-order valence-electron chi connectivity index (χ3n) is 2.88. The van der Waals surface area contributed by atoms with Crippen LogP contribution in [0.4, 0.5) is 5.82 Å². The van der Waals surface area contributed by atoms with E-state index in [0.29, 0.717) is 5.82 Å². The highest BCUT2D eigenvalue weighted by Crippen LogP contribution is 2.23. The fourth-order valence-corrected chi connectivity index (χ4v) is 1.74. The highest BCUT2D eigenvalue weighted by Gasteiger charge is 2.17. The van der Waals surface area contributed by atoms with Crippen molar-refractivity contribution in [2.75, 3.05) is 11.9 Å². The van der Waals surface area contributed by atoms with Gasteiger partial charge in [-0.3, -0.25) is 4.79 Å². The zero-order chi connectivity index (χ0) is 12.7. The Bertz CT molecular complexity index is 384. The molecule has 0 saturated carbocycles. The fraction of sp³-hybridized carbons (Fsp3) is 0.692. The highest BCUT2D eigenvalue weighted by atomic mass is 16.1. The lowest BCUT2D eigenvalue weighted by atomic mass is 9.87. The van der Waals surface area contributed by atoms with E-state index in [2.05, 4.69) is 36.1 Å². The van der Waals surface area contributed by atoms with Gasteiger partial charge in [0.05, 0.1) is 6.33 Å². The fourth-order valence-electron chi connectivity index (χ4n) is 1.74. The summed E-state index contributed by atoms with van der Waals surface area (Å²) in [6.07, 6.45) is 6.41. The Kier molecular flexibility index (Phi) is 5.19. The zero-order valence-electron chi connectivity index (χ0n) is 11.0. The minimum atomic E-state index is -0.119. The van der Waals surface area contributed by atoms with Crippen molar-refractivity contribution in [2.24, 2.45) is 5.41 Å². The molecule has 0 aliphatic carbocycles. The lowest BCUT2D eigenvalue weighted by Crippen LogP contribution is -2.24. The summed E-state index contributed by atoms with van der Waals surface area (Å²) < 4.78 is 0. The van der Waals surface area contributed by atoms with Crippen molar-refractivity contribution in [1.82, 2.24) is 9.97 Å². The van der Waals surface area contributed by atoms with Crippen LogP contribution in [0.5, 0.6) is 0 Å². The molecule has 0 unspecified atom stereocenters. The first-order valence-corrected chi connectivity index (χ1v) is 6.32. The molecule has 2 N–H and O–H groups in total. The second kappa shape index (κ2) is 6.42. The summed E-state index contributed by atoms with van der Waals surface area (Å²) >= 11 is 0. The number of aromatic nitrogens is 2. The first-order valence-electron chi connectivity index (χ1n) is 6.32. The molecule has 0 bridgehead atoms. The van der Waals surface area contributed by atoms with Crippen molar-refractivity contribution < 1.29 is 0 Å². The molecule has 17 heavy (non-hydrogen) atoms. The molecule has 0 amide bonds. The van der Waals surface area contributed by atoms with Crippen LogP contribution in [0.2, 0.25) is 0 Å². The van der Waals surface area contributed by atoms with Crippen molar-refractivity contribution >= 4 is 5.82 Å². The van der Waals surface area contributed by atoms with E-state index in [0.717, 1.165) is 6.54 Å². The molecule has 0 aromatic carbocycles. The van der Waals surface area contributed by atoms with Gasteiger partial charge < -0.3 is 10.3 Å². The van der Waals surface area contributed by atoms with E-state index in [9.17, 15) is 4.79 Å². The lowest BCUT2D eigenvalue weighted by molar-refractivity contribution is 0.342. The monoisotopic (exact) mass is 237 g/mol. The van der Waals surface area contributed by atoms with E-state index in [-0.39, 0.29) is 11.0 Å². The van der Waals surface area contributed by atoms with E-state index < -0.39 is 0 Å². The van der Waals surface area contributed by atoms with Gasteiger partial charge in [0.25, 0.3) is 5.56 Å². The second-order valence-electron chi connectivity index (χ2n) is 5.27. The maximum absolute atomic E-state index is 11.1. The molecule has 0 aliphatic heterocycles. The SMILES string of the molecule is CCCCCC(C)(C)CNc1cc(=O)[nH]cn1. The van der Waals surface area contributed by atoms with E-state index in [1.165, 1.54) is 38.1 Å². The number of hydrogen-bond acceptors (Lipinski definition) is 3. The molecule has 4 heteroatoms. The lowest BCUT2D eigenvalue weighted by Gasteiger charge is -2.25. The second-order valence-corrected chi connectivity index (χ2v) is 5.27. The number of H-pyrrole nitrogens is 1. The normalized spacial score (nSPS) is 11.5. The van der Waals surface area contributed by atoms with Gasteiger partial charge in [-0.2, -0.15) is 0 Å². The molecule has 1 heterocycles. The Balaban J connectivity index is 2.40. The van der Waals surface area contributed by atoms with Gasteiger partial charge in [0.1, 0.15) is 5.82 Å². The third kappa shape index (κ3) is 5.52. The summed E-state index contributed by atoms with van der Waals surface area (Å²) in [6.45, 7) is 7.53. The molecule has 1 aromatic heterocycles. The van der Waals surface area contributed by atoms with Gasteiger partial charge in [0.2, 0.25) is 0 Å². The minimum Gasteiger partial charge on any atom is -0.369 e. The van der Waals surface area contributed by atoms with Gasteiger partial charge in [-0.1, -0.05) is 40.0 Å². The van der Waals surface area contributed by atoms with Crippen molar-refractivity contribution in [2.45, 2.75) is 46.5 Å². The highest BCUT2D eigenvalue weighted by molar-refractivity contribution is 5.31. The molecule has 4 nitrogen and oxygen atoms in total. The summed E-state index contributed by atoms with van der Waals surface area (Å²) in [5.74, 6) is 0.650. The molecule has 0 aliphatic rings. The number of nitrogens with zero attached hydrogens (tertiary/aromatic N) is 1. The molecule has 0 atom stereocenters. The number of aromatic amines is 1. The predicted octanol–water partition coefficient (Wildman–Crippen LogP) is 2.79. The van der Waals surface area contributed by atoms with Gasteiger partial charge in [-0.15, -0.1) is 0 Å². The molecule has 0 radical (unpaired) electrons.